The van der Waals surface area contributed by atoms with Crippen LogP contribution in [0, 0.1) is 28.2 Å². The van der Waals surface area contributed by atoms with E-state index in [1.165, 1.54) is 54.1 Å². The minimum Gasteiger partial charge on any atom is -0.512 e. The van der Waals surface area contributed by atoms with E-state index in [1.807, 2.05) is 52.6 Å². The maximum atomic E-state index is 11.9. The first-order chi connectivity index (χ1) is 22.0. The van der Waals surface area contributed by atoms with Gasteiger partial charge in [-0.05, 0) is 82.7 Å². The molecule has 0 saturated carbocycles. The second kappa shape index (κ2) is 16.0. The van der Waals surface area contributed by atoms with Crippen LogP contribution in [0.4, 0.5) is 0 Å². The van der Waals surface area contributed by atoms with Crippen LogP contribution in [0.5, 0.6) is 0 Å². The van der Waals surface area contributed by atoms with E-state index in [-0.39, 0.29) is 53.8 Å². The molecule has 5 heteroatoms. The van der Waals surface area contributed by atoms with E-state index in [1.54, 1.807) is 0 Å². The first-order valence-electron chi connectivity index (χ1n) is 17.6. The third kappa shape index (κ3) is 9.20. The number of benzene rings is 3. The van der Waals surface area contributed by atoms with Gasteiger partial charge in [0.1, 0.15) is 5.76 Å². The van der Waals surface area contributed by atoms with Gasteiger partial charge in [0.2, 0.25) is 0 Å². The molecule has 0 atom stereocenters. The molecule has 0 aliphatic carbocycles. The van der Waals surface area contributed by atoms with Crippen molar-refractivity contribution in [3.8, 4) is 11.3 Å². The maximum absolute atomic E-state index is 11.9. The normalized spacial score (nSPS) is 13.2. The number of aliphatic hydroxyl groups excluding tert-OH is 1. The molecular formula is C43H56IrNO2S-. The molecule has 3 aromatic carbocycles. The molecule has 0 amide bonds. The quantitative estimate of drug-likeness (QED) is 0.0912. The number of allylic oxidation sites excluding steroid dienone is 2. The van der Waals surface area contributed by atoms with Gasteiger partial charge < -0.3 is 5.11 Å². The molecule has 4 aromatic rings. The summed E-state index contributed by atoms with van der Waals surface area (Å²) >= 11 is 1.93. The van der Waals surface area contributed by atoms with Crippen molar-refractivity contribution in [2.75, 3.05) is 0 Å². The Morgan fingerprint density at radius 1 is 0.917 bits per heavy atom. The number of carbonyl (C=O) groups is 1. The molecule has 0 bridgehead atoms. The zero-order valence-corrected chi connectivity index (χ0v) is 34.3. The summed E-state index contributed by atoms with van der Waals surface area (Å²) in [6.45, 7) is 24.0. The molecule has 5 rings (SSSR count). The number of nitrogens with zero attached hydrogens (tertiary/aromatic N) is 1. The average Bonchev–Trinajstić information content (AvgIpc) is 3.00. The molecule has 3 nitrogen and oxygen atoms in total. The molecule has 2 heterocycles. The van der Waals surface area contributed by atoms with Crippen LogP contribution in [0.2, 0.25) is 0 Å². The van der Waals surface area contributed by atoms with Crippen molar-refractivity contribution in [2.24, 2.45) is 22.2 Å². The molecule has 0 saturated heterocycles. The molecule has 261 valence electrons. The first kappa shape index (κ1) is 40.0. The van der Waals surface area contributed by atoms with E-state index in [4.69, 9.17) is 4.98 Å². The summed E-state index contributed by atoms with van der Waals surface area (Å²) in [4.78, 5) is 19.4. The summed E-state index contributed by atoms with van der Waals surface area (Å²) in [5.41, 5.74) is 5.31. The molecule has 1 aliphatic heterocycles. The van der Waals surface area contributed by atoms with Crippen molar-refractivity contribution in [3.05, 3.63) is 77.7 Å². The Labute approximate surface area is 308 Å². The second-order valence-corrected chi connectivity index (χ2v) is 17.0. The molecule has 0 spiro atoms. The Morgan fingerprint density at radius 2 is 1.54 bits per heavy atom. The van der Waals surface area contributed by atoms with E-state index in [2.05, 4.69) is 90.1 Å². The van der Waals surface area contributed by atoms with E-state index in [0.717, 1.165) is 44.2 Å². The fraction of sp³-hybridized carbons (Fsp3) is 0.488. The molecular weight excluding hydrogens is 787 g/mol. The van der Waals surface area contributed by atoms with Gasteiger partial charge in [-0.15, -0.1) is 29.3 Å². The molecule has 0 unspecified atom stereocenters. The average molecular weight is 843 g/mol. The summed E-state index contributed by atoms with van der Waals surface area (Å²) in [5, 5.41) is 15.1. The van der Waals surface area contributed by atoms with Crippen LogP contribution in [-0.2, 0) is 37.7 Å². The van der Waals surface area contributed by atoms with Crippen LogP contribution in [0.1, 0.15) is 113 Å². The predicted molar refractivity (Wildman–Crippen MR) is 202 cm³/mol. The minimum absolute atomic E-state index is 0. The van der Waals surface area contributed by atoms with Gasteiger partial charge in [0, 0.05) is 54.3 Å². The van der Waals surface area contributed by atoms with Crippen molar-refractivity contribution in [1.82, 2.24) is 4.98 Å². The van der Waals surface area contributed by atoms with Crippen LogP contribution >= 0.6 is 11.8 Å². The van der Waals surface area contributed by atoms with Gasteiger partial charge in [-0.25, -0.2) is 0 Å². The fourth-order valence-electron chi connectivity index (χ4n) is 6.47. The van der Waals surface area contributed by atoms with E-state index < -0.39 is 0 Å². The minimum atomic E-state index is -0.248. The van der Waals surface area contributed by atoms with Gasteiger partial charge in [0.15, 0.2) is 5.78 Å². The summed E-state index contributed by atoms with van der Waals surface area (Å²) in [5.74, 6) is 0.366. The van der Waals surface area contributed by atoms with Crippen molar-refractivity contribution in [1.29, 1.82) is 0 Å². The van der Waals surface area contributed by atoms with E-state index in [9.17, 15) is 9.90 Å². The summed E-state index contributed by atoms with van der Waals surface area (Å²) in [6, 6.07) is 19.4. The number of fused-ring (bicyclic) bond motifs is 3. The van der Waals surface area contributed by atoms with Gasteiger partial charge in [0.05, 0.1) is 0 Å². The van der Waals surface area contributed by atoms with Gasteiger partial charge in [0.25, 0.3) is 0 Å². The molecule has 1 aromatic heterocycles. The van der Waals surface area contributed by atoms with Gasteiger partial charge >= 0.3 is 0 Å². The van der Waals surface area contributed by atoms with Crippen LogP contribution in [-0.4, -0.2) is 15.9 Å². The van der Waals surface area contributed by atoms with Crippen LogP contribution in [0.25, 0.3) is 32.8 Å². The Hall–Kier alpha value is -2.46. The Bertz CT molecular complexity index is 1770. The van der Waals surface area contributed by atoms with Gasteiger partial charge in [-0.2, -0.15) is 0 Å². The number of rotatable bonds is 9. The summed E-state index contributed by atoms with van der Waals surface area (Å²) in [7, 11) is 0. The van der Waals surface area contributed by atoms with Crippen molar-refractivity contribution < 1.29 is 30.0 Å². The number of hydrogen-bond donors (Lipinski definition) is 1. The standard InChI is InChI=1S/C29H30NS.C14H26O2.Ir/c1-28(2,3)16-18-13-20-11-12-30-26-22-15-19-9-7-8-10-21(19)23(17-29(4,5)6)27(22)31-24(14-18)25(20)26;1-6-11(7-2)12(15)10-13(16)14(5,8-3)9-4;/h7-14H,16-17H2,1-6H3;10-11,16H,6-9H2,1-5H3;/q-1;;/b;13-10-;. The largest absolute Gasteiger partial charge is 0.512 e. The van der Waals surface area contributed by atoms with Crippen molar-refractivity contribution >= 4 is 39.1 Å². The number of aromatic nitrogens is 1. The zero-order chi connectivity index (χ0) is 34.7. The topological polar surface area (TPSA) is 50.2 Å². The van der Waals surface area contributed by atoms with Gasteiger partial charge in [-0.3, -0.25) is 9.78 Å². The molecule has 48 heavy (non-hydrogen) atoms. The van der Waals surface area contributed by atoms with Crippen molar-refractivity contribution in [3.63, 3.8) is 0 Å². The number of aliphatic hydroxyl groups is 1. The smallest absolute Gasteiger partial charge is 0.162 e. The van der Waals surface area contributed by atoms with Gasteiger partial charge in [-0.1, -0.05) is 117 Å². The zero-order valence-electron chi connectivity index (χ0n) is 31.1. The van der Waals surface area contributed by atoms with Crippen LogP contribution in [0.3, 0.4) is 0 Å². The SMILES string of the molecule is CC(C)(C)Cc1cc2c3c(nccc3c1)-c1[c-]c3ccccc3c(CC(C)(C)C)c1S2.CCC(CC)C(=O)/C=C(\O)C(C)(CC)CC.[Ir]. The Balaban J connectivity index is 0.000000316. The maximum Gasteiger partial charge on any atom is 0.162 e. The molecule has 1 N–H and O–H groups in total. The van der Waals surface area contributed by atoms with Crippen LogP contribution in [0.15, 0.2) is 70.3 Å². The first-order valence-corrected chi connectivity index (χ1v) is 18.4. The number of carbonyl (C=O) groups excluding carboxylic acids is 1. The van der Waals surface area contributed by atoms with E-state index in [0.29, 0.717) is 0 Å². The molecule has 0 fully saturated rings. The monoisotopic (exact) mass is 843 g/mol. The summed E-state index contributed by atoms with van der Waals surface area (Å²) < 4.78 is 0. The summed E-state index contributed by atoms with van der Waals surface area (Å²) in [6.07, 6.45) is 8.90. The Morgan fingerprint density at radius 3 is 2.12 bits per heavy atom. The fourth-order valence-corrected chi connectivity index (χ4v) is 7.77. The molecule has 1 aliphatic rings. The number of pyridine rings is 1. The van der Waals surface area contributed by atoms with Crippen LogP contribution < -0.4 is 0 Å². The number of ketones is 1. The second-order valence-electron chi connectivity index (χ2n) is 16.0. The third-order valence-electron chi connectivity index (χ3n) is 9.64. The third-order valence-corrected chi connectivity index (χ3v) is 10.8. The predicted octanol–water partition coefficient (Wildman–Crippen LogP) is 12.8. The molecule has 1 radical (unpaired) electrons. The van der Waals surface area contributed by atoms with Crippen molar-refractivity contribution in [2.45, 2.75) is 124 Å². The Kier molecular flexibility index (Phi) is 13.4. The number of hydrogen-bond acceptors (Lipinski definition) is 4. The van der Waals surface area contributed by atoms with E-state index >= 15 is 0 Å².